The molecule has 0 saturated heterocycles. The fourth-order valence-electron chi connectivity index (χ4n) is 4.36. The van der Waals surface area contributed by atoms with E-state index in [2.05, 4.69) is 81.4 Å². The van der Waals surface area contributed by atoms with Gasteiger partial charge in [0.2, 0.25) is 0 Å². The van der Waals surface area contributed by atoms with Gasteiger partial charge in [0.25, 0.3) is 0 Å². The minimum atomic E-state index is -1.53. The summed E-state index contributed by atoms with van der Waals surface area (Å²) in [7, 11) is 0. The Morgan fingerprint density at radius 3 is 1.83 bits per heavy atom. The van der Waals surface area contributed by atoms with E-state index in [1.54, 1.807) is 8.79 Å². The van der Waals surface area contributed by atoms with E-state index in [0.29, 0.717) is 0 Å². The van der Waals surface area contributed by atoms with E-state index in [0.717, 1.165) is 22.5 Å². The van der Waals surface area contributed by atoms with Crippen LogP contribution in [0.25, 0.3) is 0 Å². The molecule has 1 aliphatic rings. The minimum absolute atomic E-state index is 0.808. The van der Waals surface area contributed by atoms with Gasteiger partial charge in [-0.05, 0) is 0 Å². The van der Waals surface area contributed by atoms with Crippen molar-refractivity contribution in [3.63, 3.8) is 0 Å². The number of benzene rings is 2. The van der Waals surface area contributed by atoms with Gasteiger partial charge in [-0.25, -0.2) is 0 Å². The maximum absolute atomic E-state index is 2.47. The second-order valence-corrected chi connectivity index (χ2v) is 13.3. The van der Waals surface area contributed by atoms with Gasteiger partial charge in [0.1, 0.15) is 0 Å². The van der Waals surface area contributed by atoms with Gasteiger partial charge in [-0.2, -0.15) is 0 Å². The first-order valence-electron chi connectivity index (χ1n) is 9.14. The van der Waals surface area contributed by atoms with Crippen LogP contribution in [0.15, 0.2) is 60.7 Å². The van der Waals surface area contributed by atoms with Crippen molar-refractivity contribution in [1.29, 1.82) is 0 Å². The maximum atomic E-state index is 2.47. The van der Waals surface area contributed by atoms with E-state index in [-0.39, 0.29) is 0 Å². The van der Waals surface area contributed by atoms with Gasteiger partial charge in [-0.1, -0.05) is 0 Å². The Hall–Kier alpha value is -1.02. The molecule has 23 heavy (non-hydrogen) atoms. The Morgan fingerprint density at radius 2 is 1.35 bits per heavy atom. The molecule has 3 rings (SSSR count). The van der Waals surface area contributed by atoms with Crippen LogP contribution in [0.1, 0.15) is 40.0 Å². The monoisotopic (exact) mass is 367 g/mol. The van der Waals surface area contributed by atoms with Crippen molar-refractivity contribution in [2.24, 2.45) is 17.8 Å². The van der Waals surface area contributed by atoms with E-state index in [9.17, 15) is 0 Å². The zero-order valence-corrected chi connectivity index (χ0v) is 16.8. The SMILES string of the molecule is CC(C)[C@@H]1CC[C@H](C)C[C@@H]1[Ge]([c]1ccccc1)[c]1ccccc1. The molecular weight excluding hydrogens is 337 g/mol. The van der Waals surface area contributed by atoms with Gasteiger partial charge >= 0.3 is 146 Å². The molecule has 0 nitrogen and oxygen atoms in total. The average molecular weight is 366 g/mol. The molecule has 0 aliphatic heterocycles. The van der Waals surface area contributed by atoms with Gasteiger partial charge in [0, 0.05) is 0 Å². The Labute approximate surface area is 146 Å². The molecule has 0 N–H and O–H groups in total. The molecule has 2 aromatic carbocycles. The molecule has 121 valence electrons. The van der Waals surface area contributed by atoms with Crippen molar-refractivity contribution < 1.29 is 0 Å². The molecule has 0 unspecified atom stereocenters. The van der Waals surface area contributed by atoms with Crippen molar-refractivity contribution in [2.45, 2.75) is 44.8 Å². The Balaban J connectivity index is 2.03. The van der Waals surface area contributed by atoms with Gasteiger partial charge in [-0.15, -0.1) is 0 Å². The normalized spacial score (nSPS) is 25.0. The zero-order chi connectivity index (χ0) is 16.2. The third-order valence-electron chi connectivity index (χ3n) is 5.56. The summed E-state index contributed by atoms with van der Waals surface area (Å²) in [6.45, 7) is 7.36. The number of hydrogen-bond donors (Lipinski definition) is 0. The van der Waals surface area contributed by atoms with Crippen molar-refractivity contribution in [3.05, 3.63) is 60.7 Å². The molecule has 0 heterocycles. The summed E-state index contributed by atoms with van der Waals surface area (Å²) >= 11 is -1.53. The predicted octanol–water partition coefficient (Wildman–Crippen LogP) is 4.76. The van der Waals surface area contributed by atoms with Gasteiger partial charge in [0.05, 0.1) is 0 Å². The van der Waals surface area contributed by atoms with Crippen LogP contribution < -0.4 is 8.79 Å². The average Bonchev–Trinajstić information content (AvgIpc) is 2.57. The Morgan fingerprint density at radius 1 is 0.826 bits per heavy atom. The molecule has 3 atom stereocenters. The standard InChI is InChI=1S/C22H29Ge/c1-17(2)21-15-14-18(3)16-22(21)23(19-10-6-4-7-11-19)20-12-8-5-9-13-20/h4-13,17-18,21-22H,14-16H2,1-3H3/t18-,21-,22-/m0/s1. The Kier molecular flexibility index (Phi) is 5.63. The molecule has 1 heteroatoms. The summed E-state index contributed by atoms with van der Waals surface area (Å²) in [6, 6.07) is 22.9. The molecule has 2 aromatic rings. The van der Waals surface area contributed by atoms with Gasteiger partial charge in [0.15, 0.2) is 0 Å². The van der Waals surface area contributed by atoms with Crippen LogP contribution in [0.4, 0.5) is 0 Å². The quantitative estimate of drug-likeness (QED) is 0.685. The molecule has 0 aromatic heterocycles. The molecule has 0 amide bonds. The summed E-state index contributed by atoms with van der Waals surface area (Å²) in [6.07, 6.45) is 4.29. The summed E-state index contributed by atoms with van der Waals surface area (Å²) < 4.78 is 4.23. The van der Waals surface area contributed by atoms with Crippen LogP contribution in [-0.2, 0) is 0 Å². The summed E-state index contributed by atoms with van der Waals surface area (Å²) in [5.74, 6) is 2.61. The molecule has 0 bridgehead atoms. The van der Waals surface area contributed by atoms with Crippen LogP contribution in [-0.4, -0.2) is 14.3 Å². The van der Waals surface area contributed by atoms with Crippen LogP contribution in [0.2, 0.25) is 4.75 Å². The third kappa shape index (κ3) is 3.91. The first-order chi connectivity index (χ1) is 11.2. The number of rotatable bonds is 4. The van der Waals surface area contributed by atoms with Gasteiger partial charge in [-0.3, -0.25) is 0 Å². The van der Waals surface area contributed by atoms with Crippen molar-refractivity contribution >= 4 is 23.1 Å². The summed E-state index contributed by atoms with van der Waals surface area (Å²) in [4.78, 5) is 0. The van der Waals surface area contributed by atoms with E-state index < -0.39 is 14.3 Å². The first-order valence-corrected chi connectivity index (χ1v) is 12.5. The zero-order valence-electron chi connectivity index (χ0n) is 14.7. The summed E-state index contributed by atoms with van der Waals surface area (Å²) in [5, 5.41) is 0. The second-order valence-electron chi connectivity index (χ2n) is 7.58. The first kappa shape index (κ1) is 16.8. The molecule has 0 spiro atoms. The van der Waals surface area contributed by atoms with Crippen LogP contribution in [0.5, 0.6) is 0 Å². The van der Waals surface area contributed by atoms with Crippen LogP contribution in [0, 0.1) is 17.8 Å². The molecule has 1 saturated carbocycles. The van der Waals surface area contributed by atoms with E-state index in [1.807, 2.05) is 0 Å². The van der Waals surface area contributed by atoms with E-state index in [1.165, 1.54) is 19.3 Å². The van der Waals surface area contributed by atoms with Crippen molar-refractivity contribution in [2.75, 3.05) is 0 Å². The fraction of sp³-hybridized carbons (Fsp3) is 0.455. The molecule has 1 radical (unpaired) electrons. The van der Waals surface area contributed by atoms with Crippen molar-refractivity contribution in [3.8, 4) is 0 Å². The molecule has 1 fully saturated rings. The predicted molar refractivity (Wildman–Crippen MR) is 103 cm³/mol. The van der Waals surface area contributed by atoms with E-state index in [4.69, 9.17) is 0 Å². The van der Waals surface area contributed by atoms with Gasteiger partial charge < -0.3 is 0 Å². The second kappa shape index (κ2) is 7.70. The Bertz CT molecular complexity index is 550. The summed E-state index contributed by atoms with van der Waals surface area (Å²) in [5.41, 5.74) is 0. The molecular formula is C22H29Ge. The van der Waals surface area contributed by atoms with Crippen LogP contribution >= 0.6 is 0 Å². The van der Waals surface area contributed by atoms with Crippen LogP contribution in [0.3, 0.4) is 0 Å². The topological polar surface area (TPSA) is 0 Å². The fourth-order valence-corrected chi connectivity index (χ4v) is 12.6. The van der Waals surface area contributed by atoms with Crippen molar-refractivity contribution in [1.82, 2.24) is 0 Å². The number of hydrogen-bond acceptors (Lipinski definition) is 0. The third-order valence-corrected chi connectivity index (χ3v) is 12.5. The van der Waals surface area contributed by atoms with E-state index >= 15 is 0 Å². The molecule has 1 aliphatic carbocycles.